The van der Waals surface area contributed by atoms with Gasteiger partial charge in [0.15, 0.2) is 0 Å². The van der Waals surface area contributed by atoms with E-state index in [0.717, 1.165) is 31.2 Å². The van der Waals surface area contributed by atoms with Crippen molar-refractivity contribution in [1.29, 1.82) is 5.26 Å². The number of aromatic nitrogens is 1. The lowest BCUT2D eigenvalue weighted by molar-refractivity contribution is -0.118. The molecule has 1 atom stereocenters. The first kappa shape index (κ1) is 21.8. The fourth-order valence-corrected chi connectivity index (χ4v) is 3.73. The molecule has 2 rings (SSSR count). The summed E-state index contributed by atoms with van der Waals surface area (Å²) in [6.45, 7) is 4.32. The van der Waals surface area contributed by atoms with Gasteiger partial charge >= 0.3 is 0 Å². The van der Waals surface area contributed by atoms with E-state index in [1.54, 1.807) is 12.1 Å². The maximum Gasteiger partial charge on any atom is 0.262 e. The van der Waals surface area contributed by atoms with Crippen LogP contribution in [-0.2, 0) is 4.79 Å². The third-order valence-electron chi connectivity index (χ3n) is 4.63. The van der Waals surface area contributed by atoms with E-state index in [2.05, 4.69) is 40.1 Å². The second-order valence-electron chi connectivity index (χ2n) is 6.75. The van der Waals surface area contributed by atoms with Crippen LogP contribution in [0.1, 0.15) is 56.8 Å². The van der Waals surface area contributed by atoms with Gasteiger partial charge in [-0.15, -0.1) is 0 Å². The summed E-state index contributed by atoms with van der Waals surface area (Å²) in [6.07, 6.45) is 5.66. The van der Waals surface area contributed by atoms with E-state index >= 15 is 0 Å². The average molecular weight is 440 g/mol. The van der Waals surface area contributed by atoms with E-state index in [0.29, 0.717) is 16.2 Å². The number of rotatable bonds is 9. The number of nitrogens with one attached hydrogen (secondary N) is 1. The highest BCUT2D eigenvalue weighted by atomic mass is 79.9. The summed E-state index contributed by atoms with van der Waals surface area (Å²) < 4.78 is 0.659. The number of halogens is 1. The lowest BCUT2D eigenvalue weighted by atomic mass is 9.86. The number of nitriles is 1. The Bertz CT molecular complexity index is 836. The van der Waals surface area contributed by atoms with Gasteiger partial charge < -0.3 is 5.32 Å². The number of carbonyl (C=O) groups excluding carboxylic acids is 1. The van der Waals surface area contributed by atoms with Crippen molar-refractivity contribution in [2.75, 3.05) is 0 Å². The quantitative estimate of drug-likeness (QED) is 0.303. The molecule has 28 heavy (non-hydrogen) atoms. The monoisotopic (exact) mass is 439 g/mol. The van der Waals surface area contributed by atoms with Crippen LogP contribution in [0.5, 0.6) is 0 Å². The zero-order chi connectivity index (χ0) is 20.4. The molecule has 0 saturated heterocycles. The Kier molecular flexibility index (Phi) is 8.90. The van der Waals surface area contributed by atoms with Crippen molar-refractivity contribution in [2.45, 2.75) is 45.6 Å². The van der Waals surface area contributed by atoms with Gasteiger partial charge in [0.05, 0.1) is 11.7 Å². The predicted molar refractivity (Wildman–Crippen MR) is 116 cm³/mol. The number of carbonyl (C=O) groups is 1. The van der Waals surface area contributed by atoms with E-state index in [1.807, 2.05) is 42.5 Å². The molecule has 2 aromatic rings. The molecule has 0 aliphatic carbocycles. The highest BCUT2D eigenvalue weighted by Gasteiger charge is 2.25. The Hall–Kier alpha value is -2.45. The minimum absolute atomic E-state index is 0.0540. The normalized spacial score (nSPS) is 12.5. The topological polar surface area (TPSA) is 65.8 Å². The zero-order valence-corrected chi connectivity index (χ0v) is 17.9. The number of hydrogen-bond donors (Lipinski definition) is 1. The van der Waals surface area contributed by atoms with Crippen molar-refractivity contribution in [1.82, 2.24) is 10.3 Å². The standard InChI is InChI=1S/C23H26BrN3O/c1-3-9-17(10-4-2)22(18-11-6-5-7-12-18)27-23(28)19(16-25)15-20-13-8-14-21(24)26-20/h5-8,11-15,17,22H,3-4,9-10H2,1-2H3,(H,27,28)/b19-15+/t22-/m0/s1. The zero-order valence-electron chi connectivity index (χ0n) is 16.4. The van der Waals surface area contributed by atoms with Gasteiger partial charge in [-0.2, -0.15) is 5.26 Å². The molecule has 0 radical (unpaired) electrons. The summed E-state index contributed by atoms with van der Waals surface area (Å²) in [4.78, 5) is 17.2. The summed E-state index contributed by atoms with van der Waals surface area (Å²) >= 11 is 3.31. The second-order valence-corrected chi connectivity index (χ2v) is 7.57. The van der Waals surface area contributed by atoms with Crippen LogP contribution in [0.4, 0.5) is 0 Å². The third-order valence-corrected chi connectivity index (χ3v) is 5.07. The van der Waals surface area contributed by atoms with Gasteiger partial charge in [0, 0.05) is 0 Å². The molecule has 0 unspecified atom stereocenters. The molecule has 1 heterocycles. The van der Waals surface area contributed by atoms with Crippen LogP contribution < -0.4 is 5.32 Å². The minimum Gasteiger partial charge on any atom is -0.344 e. The van der Waals surface area contributed by atoms with E-state index in [4.69, 9.17) is 0 Å². The lowest BCUT2D eigenvalue weighted by Crippen LogP contribution is -2.34. The molecule has 5 heteroatoms. The van der Waals surface area contributed by atoms with Crippen molar-refractivity contribution < 1.29 is 4.79 Å². The van der Waals surface area contributed by atoms with E-state index < -0.39 is 0 Å². The Morgan fingerprint density at radius 3 is 2.39 bits per heavy atom. The fraction of sp³-hybridized carbons (Fsp3) is 0.348. The summed E-state index contributed by atoms with van der Waals surface area (Å²) in [5.74, 6) is -0.0411. The molecule has 0 saturated carbocycles. The van der Waals surface area contributed by atoms with Gasteiger partial charge in [-0.25, -0.2) is 4.98 Å². The molecule has 0 fully saturated rings. The molecule has 146 valence electrons. The lowest BCUT2D eigenvalue weighted by Gasteiger charge is -2.28. The summed E-state index contributed by atoms with van der Waals surface area (Å²) in [5, 5.41) is 12.7. The number of hydrogen-bond acceptors (Lipinski definition) is 3. The maximum atomic E-state index is 12.9. The van der Waals surface area contributed by atoms with Crippen molar-refractivity contribution >= 4 is 27.9 Å². The molecule has 1 amide bonds. The Balaban J connectivity index is 2.31. The van der Waals surface area contributed by atoms with Crippen LogP contribution >= 0.6 is 15.9 Å². The first-order valence-corrected chi connectivity index (χ1v) is 10.5. The first-order chi connectivity index (χ1) is 13.6. The van der Waals surface area contributed by atoms with Crippen LogP contribution in [0.25, 0.3) is 6.08 Å². The van der Waals surface area contributed by atoms with Crippen molar-refractivity contribution in [3.8, 4) is 6.07 Å². The second kappa shape index (κ2) is 11.4. The van der Waals surface area contributed by atoms with Crippen LogP contribution in [-0.4, -0.2) is 10.9 Å². The summed E-state index contributed by atoms with van der Waals surface area (Å²) in [6, 6.07) is 17.3. The van der Waals surface area contributed by atoms with Gasteiger partial charge in [0.1, 0.15) is 16.2 Å². The molecule has 1 N–H and O–H groups in total. The Labute approximate surface area is 175 Å². The molecule has 0 bridgehead atoms. The highest BCUT2D eigenvalue weighted by molar-refractivity contribution is 9.10. The van der Waals surface area contributed by atoms with Crippen LogP contribution in [0.3, 0.4) is 0 Å². The smallest absolute Gasteiger partial charge is 0.262 e. The van der Waals surface area contributed by atoms with E-state index in [-0.39, 0.29) is 17.5 Å². The minimum atomic E-state index is -0.365. The van der Waals surface area contributed by atoms with Crippen molar-refractivity contribution in [2.24, 2.45) is 5.92 Å². The summed E-state index contributed by atoms with van der Waals surface area (Å²) in [5.41, 5.74) is 1.69. The van der Waals surface area contributed by atoms with Gasteiger partial charge in [-0.3, -0.25) is 4.79 Å². The fourth-order valence-electron chi connectivity index (χ4n) is 3.37. The maximum absolute atomic E-state index is 12.9. The molecule has 4 nitrogen and oxygen atoms in total. The largest absolute Gasteiger partial charge is 0.344 e. The van der Waals surface area contributed by atoms with Crippen LogP contribution in [0.2, 0.25) is 0 Å². The molecule has 0 aliphatic rings. The number of benzene rings is 1. The first-order valence-electron chi connectivity index (χ1n) is 9.69. The van der Waals surface area contributed by atoms with Crippen LogP contribution in [0, 0.1) is 17.2 Å². The number of pyridine rings is 1. The van der Waals surface area contributed by atoms with Gasteiger partial charge in [0.2, 0.25) is 0 Å². The molecule has 0 spiro atoms. The van der Waals surface area contributed by atoms with Gasteiger partial charge in [-0.05, 0) is 58.5 Å². The van der Waals surface area contributed by atoms with Crippen molar-refractivity contribution in [3.05, 3.63) is 70.0 Å². The highest BCUT2D eigenvalue weighted by Crippen LogP contribution is 2.30. The SMILES string of the molecule is CCCC(CCC)[C@H](NC(=O)/C(C#N)=C/c1cccc(Br)n1)c1ccccc1. The van der Waals surface area contributed by atoms with Crippen LogP contribution in [0.15, 0.2) is 58.7 Å². The summed E-state index contributed by atoms with van der Waals surface area (Å²) in [7, 11) is 0. The van der Waals surface area contributed by atoms with Crippen molar-refractivity contribution in [3.63, 3.8) is 0 Å². The average Bonchev–Trinajstić information content (AvgIpc) is 2.70. The van der Waals surface area contributed by atoms with Gasteiger partial charge in [0.25, 0.3) is 5.91 Å². The molecular weight excluding hydrogens is 414 g/mol. The Morgan fingerprint density at radius 1 is 1.14 bits per heavy atom. The number of amides is 1. The van der Waals surface area contributed by atoms with E-state index in [1.165, 1.54) is 6.08 Å². The molecule has 1 aromatic heterocycles. The predicted octanol–water partition coefficient (Wildman–Crippen LogP) is 5.82. The molecular formula is C23H26BrN3O. The van der Waals surface area contributed by atoms with Gasteiger partial charge in [-0.1, -0.05) is 63.1 Å². The third kappa shape index (κ3) is 6.31. The van der Waals surface area contributed by atoms with E-state index in [9.17, 15) is 10.1 Å². The Morgan fingerprint density at radius 2 is 1.82 bits per heavy atom. The molecule has 0 aliphatic heterocycles. The number of nitrogens with zero attached hydrogens (tertiary/aromatic N) is 2. The molecule has 1 aromatic carbocycles.